The van der Waals surface area contributed by atoms with Gasteiger partial charge in [-0.1, -0.05) is 0 Å². The summed E-state index contributed by atoms with van der Waals surface area (Å²) in [5.74, 6) is -2.59. The van der Waals surface area contributed by atoms with Gasteiger partial charge in [0, 0.05) is 12.1 Å². The van der Waals surface area contributed by atoms with E-state index in [1.807, 2.05) is 0 Å². The number of benzene rings is 1. The van der Waals surface area contributed by atoms with Crippen molar-refractivity contribution in [1.29, 1.82) is 0 Å². The second-order valence-corrected chi connectivity index (χ2v) is 5.07. The summed E-state index contributed by atoms with van der Waals surface area (Å²) in [5, 5.41) is 18.1. The van der Waals surface area contributed by atoms with Gasteiger partial charge in [0.1, 0.15) is 11.4 Å². The number of aromatic amines is 2. The molecule has 23 heavy (non-hydrogen) atoms. The lowest BCUT2D eigenvalue weighted by Gasteiger charge is -2.08. The summed E-state index contributed by atoms with van der Waals surface area (Å²) in [7, 11) is 0. The Morgan fingerprint density at radius 1 is 0.870 bits per heavy atom. The summed E-state index contributed by atoms with van der Waals surface area (Å²) in [6, 6.07) is 3.28. The van der Waals surface area contributed by atoms with E-state index >= 15 is 0 Å². The van der Waals surface area contributed by atoms with E-state index in [4.69, 9.17) is 10.2 Å². The Bertz CT molecular complexity index is 1120. The molecule has 0 amide bonds. The second-order valence-electron chi connectivity index (χ2n) is 5.07. The van der Waals surface area contributed by atoms with E-state index < -0.39 is 22.8 Å². The highest BCUT2D eigenvalue weighted by Crippen LogP contribution is 2.22. The maximum atomic E-state index is 12.3. The molecule has 0 atom stereocenters. The van der Waals surface area contributed by atoms with Crippen LogP contribution in [0.4, 0.5) is 0 Å². The van der Waals surface area contributed by atoms with Crippen LogP contribution in [-0.2, 0) is 0 Å². The van der Waals surface area contributed by atoms with E-state index in [2.05, 4.69) is 9.97 Å². The van der Waals surface area contributed by atoms with Crippen molar-refractivity contribution in [2.45, 2.75) is 6.92 Å². The molecular weight excluding hydrogens is 304 g/mol. The van der Waals surface area contributed by atoms with Gasteiger partial charge in [-0.2, -0.15) is 0 Å². The Balaban J connectivity index is 2.59. The summed E-state index contributed by atoms with van der Waals surface area (Å²) in [6.07, 6.45) is 0. The number of carbonyl (C=O) groups is 2. The Morgan fingerprint density at radius 2 is 1.39 bits per heavy atom. The predicted molar refractivity (Wildman–Crippen MR) is 81.4 cm³/mol. The quantitative estimate of drug-likeness (QED) is 0.522. The highest BCUT2D eigenvalue weighted by atomic mass is 16.4. The van der Waals surface area contributed by atoms with Gasteiger partial charge in [0.2, 0.25) is 0 Å². The lowest BCUT2D eigenvalue weighted by atomic mass is 10.0. The molecule has 0 fully saturated rings. The van der Waals surface area contributed by atoms with Crippen molar-refractivity contribution < 1.29 is 19.8 Å². The molecule has 1 aromatic carbocycles. The minimum atomic E-state index is -1.29. The van der Waals surface area contributed by atoms with Crippen LogP contribution >= 0.6 is 0 Å². The van der Waals surface area contributed by atoms with Crippen LogP contribution in [0.5, 0.6) is 0 Å². The number of fused-ring (bicyclic) bond motifs is 3. The number of aromatic carboxylic acids is 2. The topological polar surface area (TPSA) is 140 Å². The summed E-state index contributed by atoms with van der Waals surface area (Å²) in [6.45, 7) is 1.62. The molecule has 8 nitrogen and oxygen atoms in total. The second kappa shape index (κ2) is 4.80. The van der Waals surface area contributed by atoms with Crippen molar-refractivity contribution in [3.8, 4) is 0 Å². The van der Waals surface area contributed by atoms with Crippen LogP contribution in [0.1, 0.15) is 26.5 Å². The fourth-order valence-corrected chi connectivity index (χ4v) is 2.57. The van der Waals surface area contributed by atoms with Crippen LogP contribution in [0.15, 0.2) is 27.8 Å². The smallest absolute Gasteiger partial charge is 0.352 e. The molecule has 2 heterocycles. The molecule has 3 rings (SSSR count). The van der Waals surface area contributed by atoms with Crippen LogP contribution in [0.3, 0.4) is 0 Å². The van der Waals surface area contributed by atoms with E-state index in [-0.39, 0.29) is 33.2 Å². The Hall–Kier alpha value is -3.42. The van der Waals surface area contributed by atoms with Gasteiger partial charge in [0.15, 0.2) is 10.9 Å². The van der Waals surface area contributed by atoms with E-state index in [0.29, 0.717) is 5.56 Å². The molecule has 0 radical (unpaired) electrons. The van der Waals surface area contributed by atoms with Gasteiger partial charge >= 0.3 is 11.9 Å². The molecular formula is C15H10N2O6. The van der Waals surface area contributed by atoms with Crippen molar-refractivity contribution in [2.24, 2.45) is 0 Å². The lowest BCUT2D eigenvalue weighted by molar-refractivity contribution is 0.0680. The van der Waals surface area contributed by atoms with E-state index in [1.54, 1.807) is 6.92 Å². The first-order valence-corrected chi connectivity index (χ1v) is 6.50. The first kappa shape index (κ1) is 14.5. The number of nitrogens with one attached hydrogen (secondary N) is 2. The van der Waals surface area contributed by atoms with Crippen LogP contribution in [0.2, 0.25) is 0 Å². The predicted octanol–water partition coefficient (Wildman–Crippen LogP) is 1.07. The van der Waals surface area contributed by atoms with Gasteiger partial charge in [0.05, 0.1) is 21.8 Å². The molecule has 0 aliphatic heterocycles. The van der Waals surface area contributed by atoms with E-state index in [0.717, 1.165) is 12.1 Å². The number of aryl methyl sites for hydroxylation is 1. The molecule has 8 heteroatoms. The van der Waals surface area contributed by atoms with Crippen LogP contribution in [0, 0.1) is 6.92 Å². The zero-order valence-electron chi connectivity index (χ0n) is 11.8. The fraction of sp³-hybridized carbons (Fsp3) is 0.0667. The molecule has 3 aromatic rings. The standard InChI is InChI=1S/C15H10N2O6/c1-5-2-6-11(9(18)3-7(16-6)14(20)21)12-10(19)4-8(15(22)23)17-13(5)12/h2-4H,1H3,(H,16,18)(H,17,19)(H,20,21)(H,22,23). The fourth-order valence-electron chi connectivity index (χ4n) is 2.57. The van der Waals surface area contributed by atoms with Gasteiger partial charge in [0.25, 0.3) is 0 Å². The molecule has 0 saturated carbocycles. The Morgan fingerprint density at radius 3 is 1.96 bits per heavy atom. The van der Waals surface area contributed by atoms with Crippen LogP contribution in [-0.4, -0.2) is 32.1 Å². The summed E-state index contributed by atoms with van der Waals surface area (Å²) in [4.78, 5) is 51.8. The molecule has 4 N–H and O–H groups in total. The number of rotatable bonds is 2. The molecule has 2 aromatic heterocycles. The summed E-state index contributed by atoms with van der Waals surface area (Å²) < 4.78 is 0. The van der Waals surface area contributed by atoms with Crippen molar-refractivity contribution in [3.05, 3.63) is 55.6 Å². The van der Waals surface area contributed by atoms with E-state index in [1.165, 1.54) is 6.07 Å². The summed E-state index contributed by atoms with van der Waals surface area (Å²) in [5.41, 5.74) is -0.896. The van der Waals surface area contributed by atoms with Crippen molar-refractivity contribution >= 4 is 33.7 Å². The highest BCUT2D eigenvalue weighted by Gasteiger charge is 2.16. The minimum absolute atomic E-state index is 0.0220. The number of H-pyrrole nitrogens is 2. The number of hydrogen-bond acceptors (Lipinski definition) is 4. The average molecular weight is 314 g/mol. The van der Waals surface area contributed by atoms with Crippen LogP contribution < -0.4 is 10.9 Å². The van der Waals surface area contributed by atoms with Gasteiger partial charge in [-0.25, -0.2) is 9.59 Å². The Labute approximate surface area is 127 Å². The average Bonchev–Trinajstić information content (AvgIpc) is 2.46. The zero-order chi connectivity index (χ0) is 16.9. The zero-order valence-corrected chi connectivity index (χ0v) is 11.8. The first-order valence-electron chi connectivity index (χ1n) is 6.50. The number of pyridine rings is 2. The molecule has 0 unspecified atom stereocenters. The highest BCUT2D eigenvalue weighted by molar-refractivity contribution is 6.07. The largest absolute Gasteiger partial charge is 0.477 e. The molecule has 116 valence electrons. The molecule has 0 aliphatic carbocycles. The van der Waals surface area contributed by atoms with Gasteiger partial charge in [-0.15, -0.1) is 0 Å². The maximum Gasteiger partial charge on any atom is 0.352 e. The Kier molecular flexibility index (Phi) is 3.03. The third-order valence-electron chi connectivity index (χ3n) is 3.56. The molecule has 0 saturated heterocycles. The third kappa shape index (κ3) is 2.16. The normalized spacial score (nSPS) is 11.0. The van der Waals surface area contributed by atoms with Gasteiger partial charge in [-0.05, 0) is 18.6 Å². The first-order chi connectivity index (χ1) is 10.8. The lowest BCUT2D eigenvalue weighted by Crippen LogP contribution is -2.15. The van der Waals surface area contributed by atoms with Gasteiger partial charge in [-0.3, -0.25) is 9.59 Å². The van der Waals surface area contributed by atoms with Gasteiger partial charge < -0.3 is 20.2 Å². The molecule has 0 bridgehead atoms. The summed E-state index contributed by atoms with van der Waals surface area (Å²) >= 11 is 0. The maximum absolute atomic E-state index is 12.3. The van der Waals surface area contributed by atoms with Crippen LogP contribution in [0.25, 0.3) is 21.8 Å². The molecule has 0 spiro atoms. The number of hydrogen-bond donors (Lipinski definition) is 4. The molecule has 0 aliphatic rings. The van der Waals surface area contributed by atoms with Crippen molar-refractivity contribution in [1.82, 2.24) is 9.97 Å². The van der Waals surface area contributed by atoms with Crippen molar-refractivity contribution in [2.75, 3.05) is 0 Å². The number of carboxylic acid groups (broad SMARTS) is 2. The monoisotopic (exact) mass is 314 g/mol. The number of carboxylic acids is 2. The van der Waals surface area contributed by atoms with Crippen molar-refractivity contribution in [3.63, 3.8) is 0 Å². The van der Waals surface area contributed by atoms with E-state index in [9.17, 15) is 19.2 Å². The third-order valence-corrected chi connectivity index (χ3v) is 3.56. The number of aromatic nitrogens is 2. The SMILES string of the molecule is Cc1cc2[nH]c(C(=O)O)cc(=O)c2c2c(=O)cc(C(=O)O)[nH]c12. The minimum Gasteiger partial charge on any atom is -0.477 e.